The highest BCUT2D eigenvalue weighted by molar-refractivity contribution is 5.81. The molecule has 214 valence electrons. The molecule has 3 fully saturated rings. The molecule has 3 aliphatic rings. The molecule has 0 spiro atoms. The van der Waals surface area contributed by atoms with E-state index in [1.54, 1.807) is 57.1 Å². The standard InChI is InChI=1S/C29H33FN8O3/c1-29(2,3)41-28(40)37-17-21-8-9-22(37)16-36(21)27(39)18-35-11-10-25(34-35)33-26-12-24-20(13-31-26)14-32-38(24)15-19-6-4-5-7-23(19)30/h4-7,10-14,21-22H,8-9,15-18H2,1-3H3,(H,31,33,34). The van der Waals surface area contributed by atoms with Gasteiger partial charge in [0.2, 0.25) is 5.91 Å². The van der Waals surface area contributed by atoms with Crippen molar-refractivity contribution in [1.82, 2.24) is 34.3 Å². The number of piperazine rings is 1. The van der Waals surface area contributed by atoms with Crippen molar-refractivity contribution in [1.29, 1.82) is 0 Å². The van der Waals surface area contributed by atoms with E-state index in [9.17, 15) is 14.0 Å². The summed E-state index contributed by atoms with van der Waals surface area (Å²) in [5.41, 5.74) is 0.798. The van der Waals surface area contributed by atoms with E-state index in [4.69, 9.17) is 4.74 Å². The maximum absolute atomic E-state index is 14.2. The largest absolute Gasteiger partial charge is 0.444 e. The molecular formula is C29H33FN8O3. The van der Waals surface area contributed by atoms with E-state index in [0.717, 1.165) is 23.7 Å². The molecule has 3 saturated heterocycles. The minimum absolute atomic E-state index is 0.0293. The zero-order valence-electron chi connectivity index (χ0n) is 23.3. The monoisotopic (exact) mass is 560 g/mol. The Kier molecular flexibility index (Phi) is 6.84. The third kappa shape index (κ3) is 5.72. The van der Waals surface area contributed by atoms with Gasteiger partial charge in [0.15, 0.2) is 5.82 Å². The van der Waals surface area contributed by atoms with Gasteiger partial charge < -0.3 is 19.9 Å². The number of anilines is 2. The van der Waals surface area contributed by atoms with Crippen LogP contribution in [-0.4, -0.2) is 77.1 Å². The molecule has 2 amide bonds. The molecule has 1 N–H and O–H groups in total. The number of hydrogen-bond donors (Lipinski definition) is 1. The number of nitrogens with zero attached hydrogens (tertiary/aromatic N) is 7. The molecule has 2 atom stereocenters. The third-order valence-corrected chi connectivity index (χ3v) is 7.48. The first-order chi connectivity index (χ1) is 19.6. The zero-order valence-corrected chi connectivity index (χ0v) is 23.3. The molecule has 0 radical (unpaired) electrons. The summed E-state index contributed by atoms with van der Waals surface area (Å²) >= 11 is 0. The van der Waals surface area contributed by atoms with Crippen LogP contribution in [0.3, 0.4) is 0 Å². The molecule has 0 saturated carbocycles. The highest BCUT2D eigenvalue weighted by Gasteiger charge is 2.44. The third-order valence-electron chi connectivity index (χ3n) is 7.48. The van der Waals surface area contributed by atoms with Crippen molar-refractivity contribution in [3.05, 3.63) is 66.4 Å². The molecule has 2 unspecified atom stereocenters. The van der Waals surface area contributed by atoms with Crippen molar-refractivity contribution >= 4 is 34.5 Å². The fraction of sp³-hybridized carbons (Fsp3) is 0.414. The van der Waals surface area contributed by atoms with E-state index >= 15 is 0 Å². The maximum atomic E-state index is 14.2. The van der Waals surface area contributed by atoms with Crippen LogP contribution in [0, 0.1) is 5.82 Å². The fourth-order valence-electron chi connectivity index (χ4n) is 5.51. The molecule has 2 bridgehead atoms. The molecule has 11 nitrogen and oxygen atoms in total. The Labute approximate surface area is 236 Å². The predicted octanol–water partition coefficient (Wildman–Crippen LogP) is 4.17. The van der Waals surface area contributed by atoms with Crippen LogP contribution in [0.1, 0.15) is 39.2 Å². The van der Waals surface area contributed by atoms with Gasteiger partial charge in [0.05, 0.1) is 24.3 Å². The Morgan fingerprint density at radius 3 is 2.54 bits per heavy atom. The van der Waals surface area contributed by atoms with Crippen LogP contribution in [0.15, 0.2) is 55.0 Å². The SMILES string of the molecule is CC(C)(C)OC(=O)N1CC2CCC1CN2C(=O)Cn1ccc(Nc2cc3c(cn2)cnn3Cc2ccccc2F)n1. The van der Waals surface area contributed by atoms with Crippen molar-refractivity contribution in [2.24, 2.45) is 0 Å². The van der Waals surface area contributed by atoms with E-state index in [2.05, 4.69) is 20.5 Å². The first kappa shape index (κ1) is 26.7. The molecule has 3 aromatic heterocycles. The fourth-order valence-corrected chi connectivity index (χ4v) is 5.51. The van der Waals surface area contributed by atoms with Crippen molar-refractivity contribution in [2.45, 2.75) is 64.4 Å². The molecule has 7 rings (SSSR count). The summed E-state index contributed by atoms with van der Waals surface area (Å²) in [5.74, 6) is 0.789. The van der Waals surface area contributed by atoms with Gasteiger partial charge in [-0.2, -0.15) is 10.2 Å². The van der Waals surface area contributed by atoms with Crippen LogP contribution in [0.2, 0.25) is 0 Å². The minimum Gasteiger partial charge on any atom is -0.444 e. The lowest BCUT2D eigenvalue weighted by Gasteiger charge is -2.51. The number of benzene rings is 1. The molecule has 12 heteroatoms. The minimum atomic E-state index is -0.556. The van der Waals surface area contributed by atoms with Crippen LogP contribution < -0.4 is 5.32 Å². The van der Waals surface area contributed by atoms with Gasteiger partial charge in [0.25, 0.3) is 0 Å². The molecule has 6 heterocycles. The van der Waals surface area contributed by atoms with Gasteiger partial charge in [0, 0.05) is 54.6 Å². The normalized spacial score (nSPS) is 18.6. The predicted molar refractivity (Wildman–Crippen MR) is 150 cm³/mol. The number of amides is 2. The highest BCUT2D eigenvalue weighted by Crippen LogP contribution is 2.30. The summed E-state index contributed by atoms with van der Waals surface area (Å²) in [4.78, 5) is 34.0. The van der Waals surface area contributed by atoms with Crippen molar-refractivity contribution in [2.75, 3.05) is 18.4 Å². The number of ether oxygens (including phenoxy) is 1. The van der Waals surface area contributed by atoms with Crippen LogP contribution in [-0.2, 0) is 22.6 Å². The lowest BCUT2D eigenvalue weighted by atomic mass is 9.91. The number of carbonyl (C=O) groups is 2. The van der Waals surface area contributed by atoms with E-state index in [0.29, 0.717) is 36.8 Å². The average molecular weight is 561 g/mol. The number of halogens is 1. The lowest BCUT2D eigenvalue weighted by Crippen LogP contribution is -2.65. The summed E-state index contributed by atoms with van der Waals surface area (Å²) < 4.78 is 23.1. The topological polar surface area (TPSA) is 110 Å². The molecule has 4 aromatic rings. The smallest absolute Gasteiger partial charge is 0.410 e. The first-order valence-corrected chi connectivity index (χ1v) is 13.8. The van der Waals surface area contributed by atoms with Crippen LogP contribution >= 0.6 is 0 Å². The van der Waals surface area contributed by atoms with Gasteiger partial charge in [-0.05, 0) is 39.7 Å². The average Bonchev–Trinajstić information content (AvgIpc) is 3.55. The van der Waals surface area contributed by atoms with Crippen LogP contribution in [0.5, 0.6) is 0 Å². The van der Waals surface area contributed by atoms with Gasteiger partial charge in [0.1, 0.15) is 23.8 Å². The zero-order chi connectivity index (χ0) is 28.7. The van der Waals surface area contributed by atoms with Gasteiger partial charge in [-0.25, -0.2) is 14.2 Å². The Balaban J connectivity index is 1.09. The van der Waals surface area contributed by atoms with Gasteiger partial charge >= 0.3 is 6.09 Å². The number of carbonyl (C=O) groups excluding carboxylic acids is 2. The van der Waals surface area contributed by atoms with Crippen molar-refractivity contribution in [3.63, 3.8) is 0 Å². The summed E-state index contributed by atoms with van der Waals surface area (Å²) in [5, 5.41) is 12.9. The lowest BCUT2D eigenvalue weighted by molar-refractivity contribution is -0.142. The molecule has 0 aliphatic carbocycles. The Bertz CT molecular complexity index is 1590. The van der Waals surface area contributed by atoms with Crippen LogP contribution in [0.25, 0.3) is 10.9 Å². The van der Waals surface area contributed by atoms with Crippen LogP contribution in [0.4, 0.5) is 20.8 Å². The van der Waals surface area contributed by atoms with Gasteiger partial charge in [-0.1, -0.05) is 18.2 Å². The summed E-state index contributed by atoms with van der Waals surface area (Å²) in [6.07, 6.45) is 6.56. The first-order valence-electron chi connectivity index (χ1n) is 13.8. The molecule has 3 aliphatic heterocycles. The number of nitrogens with one attached hydrogen (secondary N) is 1. The number of aromatic nitrogens is 5. The second kappa shape index (κ2) is 10.5. The molecule has 41 heavy (non-hydrogen) atoms. The number of pyridine rings is 1. The number of piperidine rings is 2. The molecule has 1 aromatic carbocycles. The quantitative estimate of drug-likeness (QED) is 0.377. The van der Waals surface area contributed by atoms with E-state index in [1.807, 2.05) is 31.7 Å². The Morgan fingerprint density at radius 1 is 1.05 bits per heavy atom. The Morgan fingerprint density at radius 2 is 1.80 bits per heavy atom. The highest BCUT2D eigenvalue weighted by atomic mass is 19.1. The number of fused-ring (bicyclic) bond motifs is 4. The summed E-state index contributed by atoms with van der Waals surface area (Å²) in [6, 6.07) is 10.2. The van der Waals surface area contributed by atoms with Gasteiger partial charge in [-0.15, -0.1) is 0 Å². The molecular weight excluding hydrogens is 527 g/mol. The van der Waals surface area contributed by atoms with E-state index in [-0.39, 0.29) is 36.4 Å². The summed E-state index contributed by atoms with van der Waals surface area (Å²) in [7, 11) is 0. The summed E-state index contributed by atoms with van der Waals surface area (Å²) in [6.45, 7) is 6.94. The van der Waals surface area contributed by atoms with E-state index < -0.39 is 5.60 Å². The van der Waals surface area contributed by atoms with Crippen molar-refractivity contribution in [3.8, 4) is 0 Å². The number of hydrogen-bond acceptors (Lipinski definition) is 7. The van der Waals surface area contributed by atoms with E-state index in [1.165, 1.54) is 6.07 Å². The number of rotatable bonds is 6. The van der Waals surface area contributed by atoms with Gasteiger partial charge in [-0.3, -0.25) is 14.2 Å². The maximum Gasteiger partial charge on any atom is 0.410 e. The van der Waals surface area contributed by atoms with Crippen molar-refractivity contribution < 1.29 is 18.7 Å². The Hall–Kier alpha value is -4.48. The second-order valence-electron chi connectivity index (χ2n) is 11.6. The second-order valence-corrected chi connectivity index (χ2v) is 11.6.